The maximum absolute atomic E-state index is 8.71. The Bertz CT molecular complexity index is 333. The lowest BCUT2D eigenvalue weighted by molar-refractivity contribution is 0.783. The molecule has 0 aromatic carbocycles. The highest BCUT2D eigenvalue weighted by Gasteiger charge is 2.25. The van der Waals surface area contributed by atoms with Gasteiger partial charge < -0.3 is 0 Å². The molecule has 3 heteroatoms. The number of rotatable bonds is 0. The van der Waals surface area contributed by atoms with Crippen molar-refractivity contribution in [2.75, 3.05) is 0 Å². The molecule has 1 heterocycles. The number of allylic oxidation sites excluding steroid dienone is 1. The van der Waals surface area contributed by atoms with Gasteiger partial charge in [0.1, 0.15) is 11.1 Å². The first-order valence-electron chi connectivity index (χ1n) is 4.05. The number of aliphatic imine (C=N–C) groups is 1. The average molecular weight is 176 g/mol. The third-order valence-corrected chi connectivity index (χ3v) is 2.65. The Morgan fingerprint density at radius 2 is 2.50 bits per heavy atom. The first kappa shape index (κ1) is 7.63. The van der Waals surface area contributed by atoms with Crippen molar-refractivity contribution >= 4 is 22.9 Å². The zero-order valence-corrected chi connectivity index (χ0v) is 7.40. The number of nitrogens with zero attached hydrogens (tertiary/aromatic N) is 2. The molecule has 0 amide bonds. The van der Waals surface area contributed by atoms with Gasteiger partial charge in [-0.1, -0.05) is 18.3 Å². The summed E-state index contributed by atoms with van der Waals surface area (Å²) in [6.07, 6.45) is 5.34. The van der Waals surface area contributed by atoms with Crippen LogP contribution in [0.2, 0.25) is 0 Å². The number of thiocarbonyl (C=S) groups is 1. The number of nitriles is 1. The van der Waals surface area contributed by atoms with E-state index in [2.05, 4.69) is 11.1 Å². The van der Waals surface area contributed by atoms with Crippen molar-refractivity contribution in [2.45, 2.75) is 19.3 Å². The Balaban J connectivity index is 2.36. The van der Waals surface area contributed by atoms with E-state index in [1.165, 1.54) is 12.1 Å². The van der Waals surface area contributed by atoms with Gasteiger partial charge in [0.2, 0.25) is 0 Å². The first-order chi connectivity index (χ1) is 5.81. The molecular formula is C9H8N2S. The van der Waals surface area contributed by atoms with Crippen molar-refractivity contribution in [3.05, 3.63) is 11.6 Å². The van der Waals surface area contributed by atoms with Gasteiger partial charge in [0.25, 0.3) is 0 Å². The molecule has 0 spiro atoms. The molecule has 1 atom stereocenters. The summed E-state index contributed by atoms with van der Waals surface area (Å²) in [6.45, 7) is 0. The SMILES string of the molecule is N#CC1=CC2CCCC2=NC1=S. The van der Waals surface area contributed by atoms with Crippen LogP contribution in [0, 0.1) is 17.2 Å². The fourth-order valence-corrected chi connectivity index (χ4v) is 1.95. The highest BCUT2D eigenvalue weighted by Crippen LogP contribution is 2.28. The lowest BCUT2D eigenvalue weighted by Crippen LogP contribution is -2.14. The molecule has 0 radical (unpaired) electrons. The monoisotopic (exact) mass is 176 g/mol. The molecule has 0 aromatic rings. The molecular weight excluding hydrogens is 168 g/mol. The normalized spacial score (nSPS) is 27.2. The lowest BCUT2D eigenvalue weighted by atomic mass is 10.0. The summed E-state index contributed by atoms with van der Waals surface area (Å²) in [4.78, 5) is 4.73. The summed E-state index contributed by atoms with van der Waals surface area (Å²) in [7, 11) is 0. The second kappa shape index (κ2) is 2.80. The van der Waals surface area contributed by atoms with Gasteiger partial charge in [-0.25, -0.2) is 4.99 Å². The van der Waals surface area contributed by atoms with Crippen LogP contribution >= 0.6 is 12.2 Å². The minimum Gasteiger partial charge on any atom is -0.244 e. The van der Waals surface area contributed by atoms with E-state index in [1.54, 1.807) is 0 Å². The molecule has 0 saturated heterocycles. The minimum atomic E-state index is 0.409. The Labute approximate surface area is 76.6 Å². The maximum atomic E-state index is 8.71. The van der Waals surface area contributed by atoms with Crippen LogP contribution in [0.25, 0.3) is 0 Å². The van der Waals surface area contributed by atoms with Gasteiger partial charge in [0, 0.05) is 11.6 Å². The molecule has 1 aliphatic carbocycles. The smallest absolute Gasteiger partial charge is 0.143 e. The van der Waals surface area contributed by atoms with E-state index in [0.29, 0.717) is 16.5 Å². The minimum absolute atomic E-state index is 0.409. The van der Waals surface area contributed by atoms with Crippen LogP contribution in [0.4, 0.5) is 0 Å². The Morgan fingerprint density at radius 1 is 1.67 bits per heavy atom. The summed E-state index contributed by atoms with van der Waals surface area (Å²) >= 11 is 4.97. The summed E-state index contributed by atoms with van der Waals surface area (Å²) in [5.41, 5.74) is 1.76. The van der Waals surface area contributed by atoms with Crippen molar-refractivity contribution in [1.82, 2.24) is 0 Å². The molecule has 60 valence electrons. The molecule has 2 rings (SSSR count). The van der Waals surface area contributed by atoms with E-state index in [9.17, 15) is 0 Å². The largest absolute Gasteiger partial charge is 0.244 e. The van der Waals surface area contributed by atoms with Gasteiger partial charge in [0.15, 0.2) is 0 Å². The summed E-state index contributed by atoms with van der Waals surface area (Å²) in [5.74, 6) is 0.409. The van der Waals surface area contributed by atoms with Crippen LogP contribution < -0.4 is 0 Å². The topological polar surface area (TPSA) is 36.1 Å². The second-order valence-corrected chi connectivity index (χ2v) is 3.49. The van der Waals surface area contributed by atoms with Gasteiger partial charge in [-0.15, -0.1) is 0 Å². The Morgan fingerprint density at radius 3 is 3.25 bits per heavy atom. The van der Waals surface area contributed by atoms with Crippen LogP contribution in [-0.4, -0.2) is 10.7 Å². The van der Waals surface area contributed by atoms with Gasteiger partial charge in [-0.05, 0) is 19.3 Å². The highest BCUT2D eigenvalue weighted by molar-refractivity contribution is 7.80. The average Bonchev–Trinajstić information content (AvgIpc) is 2.49. The zero-order chi connectivity index (χ0) is 8.55. The summed E-state index contributed by atoms with van der Waals surface area (Å²) in [5, 5.41) is 8.71. The zero-order valence-electron chi connectivity index (χ0n) is 6.58. The molecule has 1 fully saturated rings. The van der Waals surface area contributed by atoms with Crippen molar-refractivity contribution in [1.29, 1.82) is 5.26 Å². The standard InChI is InChI=1S/C9H8N2S/c10-5-7-4-6-2-1-3-8(6)11-9(7)12/h4,6H,1-3H2. The van der Waals surface area contributed by atoms with E-state index in [4.69, 9.17) is 17.5 Å². The van der Waals surface area contributed by atoms with Crippen LogP contribution in [-0.2, 0) is 0 Å². The molecule has 0 aromatic heterocycles. The quantitative estimate of drug-likeness (QED) is 0.529. The van der Waals surface area contributed by atoms with Gasteiger partial charge >= 0.3 is 0 Å². The van der Waals surface area contributed by atoms with Crippen molar-refractivity contribution in [2.24, 2.45) is 10.9 Å². The molecule has 2 nitrogen and oxygen atoms in total. The van der Waals surface area contributed by atoms with E-state index < -0.39 is 0 Å². The predicted molar refractivity (Wildman–Crippen MR) is 51.1 cm³/mol. The Hall–Kier alpha value is -1.01. The number of hydrogen-bond donors (Lipinski definition) is 0. The van der Waals surface area contributed by atoms with E-state index >= 15 is 0 Å². The second-order valence-electron chi connectivity index (χ2n) is 3.10. The van der Waals surface area contributed by atoms with Gasteiger partial charge in [-0.3, -0.25) is 0 Å². The fraction of sp³-hybridized carbons (Fsp3) is 0.444. The van der Waals surface area contributed by atoms with Crippen LogP contribution in [0.1, 0.15) is 19.3 Å². The van der Waals surface area contributed by atoms with E-state index in [1.807, 2.05) is 6.08 Å². The third kappa shape index (κ3) is 1.09. The highest BCUT2D eigenvalue weighted by atomic mass is 32.1. The number of fused-ring (bicyclic) bond motifs is 1. The third-order valence-electron chi connectivity index (χ3n) is 2.34. The van der Waals surface area contributed by atoms with Gasteiger partial charge in [-0.2, -0.15) is 5.26 Å². The van der Waals surface area contributed by atoms with Crippen LogP contribution in [0.3, 0.4) is 0 Å². The van der Waals surface area contributed by atoms with Gasteiger partial charge in [0.05, 0.1) is 5.57 Å². The van der Waals surface area contributed by atoms with Crippen molar-refractivity contribution < 1.29 is 0 Å². The number of dihydropyridines is 1. The fourth-order valence-electron chi connectivity index (χ4n) is 1.72. The predicted octanol–water partition coefficient (Wildman–Crippen LogP) is 2.02. The molecule has 1 unspecified atom stereocenters. The van der Waals surface area contributed by atoms with Crippen LogP contribution in [0.15, 0.2) is 16.6 Å². The first-order valence-corrected chi connectivity index (χ1v) is 4.46. The Kier molecular flexibility index (Phi) is 1.78. The maximum Gasteiger partial charge on any atom is 0.143 e. The molecule has 1 saturated carbocycles. The van der Waals surface area contributed by atoms with E-state index in [-0.39, 0.29) is 0 Å². The summed E-state index contributed by atoms with van der Waals surface area (Å²) in [6, 6.07) is 2.08. The lowest BCUT2D eigenvalue weighted by Gasteiger charge is -2.11. The van der Waals surface area contributed by atoms with Crippen molar-refractivity contribution in [3.63, 3.8) is 0 Å². The van der Waals surface area contributed by atoms with E-state index in [0.717, 1.165) is 12.8 Å². The molecule has 2 aliphatic rings. The molecule has 1 aliphatic heterocycles. The van der Waals surface area contributed by atoms with Crippen LogP contribution in [0.5, 0.6) is 0 Å². The van der Waals surface area contributed by atoms with Crippen molar-refractivity contribution in [3.8, 4) is 6.07 Å². The molecule has 12 heavy (non-hydrogen) atoms. The molecule has 0 bridgehead atoms. The number of hydrogen-bond acceptors (Lipinski definition) is 2. The molecule has 0 N–H and O–H groups in total. The summed E-state index contributed by atoms with van der Waals surface area (Å²) < 4.78 is 0.